The minimum absolute atomic E-state index is 0.247. The maximum Gasteiger partial charge on any atom is 0.0520 e. The van der Waals surface area contributed by atoms with E-state index >= 15 is 0 Å². The number of nitrogens with two attached hydrogens (primary N) is 2. The zero-order valence-corrected chi connectivity index (χ0v) is 10.6. The van der Waals surface area contributed by atoms with Gasteiger partial charge >= 0.3 is 0 Å². The van der Waals surface area contributed by atoms with Gasteiger partial charge in [-0.1, -0.05) is 20.8 Å². The van der Waals surface area contributed by atoms with E-state index in [0.29, 0.717) is 5.92 Å². The predicted molar refractivity (Wildman–Crippen MR) is 65.7 cm³/mol. The fraction of sp³-hybridized carbons (Fsp3) is 1.00. The van der Waals surface area contributed by atoms with Gasteiger partial charge in [0.25, 0.3) is 0 Å². The van der Waals surface area contributed by atoms with Crippen molar-refractivity contribution in [2.75, 3.05) is 26.3 Å². The van der Waals surface area contributed by atoms with Gasteiger partial charge in [0, 0.05) is 6.61 Å². The molecule has 0 aliphatic carbocycles. The van der Waals surface area contributed by atoms with Crippen molar-refractivity contribution in [3.63, 3.8) is 0 Å². The topological polar surface area (TPSA) is 61.3 Å². The van der Waals surface area contributed by atoms with Crippen LogP contribution in [0.25, 0.3) is 0 Å². The average molecular weight is 216 g/mol. The molecule has 15 heavy (non-hydrogen) atoms. The maximum absolute atomic E-state index is 5.75. The molecule has 0 fully saturated rings. The van der Waals surface area contributed by atoms with Gasteiger partial charge in [-0.05, 0) is 43.7 Å². The molecule has 0 rings (SSSR count). The predicted octanol–water partition coefficient (Wildman–Crippen LogP) is 1.75. The van der Waals surface area contributed by atoms with Gasteiger partial charge in [-0.3, -0.25) is 0 Å². The van der Waals surface area contributed by atoms with Gasteiger partial charge in [-0.2, -0.15) is 0 Å². The standard InChI is InChI=1S/C12H28N2O/c1-4-12(3,6-8-14)10-15-9-11(2)5-7-13/h11H,4-10,13-14H2,1-3H3. The van der Waals surface area contributed by atoms with Crippen LogP contribution in [0, 0.1) is 11.3 Å². The Morgan fingerprint density at radius 3 is 2.40 bits per heavy atom. The summed E-state index contributed by atoms with van der Waals surface area (Å²) in [7, 11) is 0. The van der Waals surface area contributed by atoms with E-state index in [4.69, 9.17) is 16.2 Å². The Kier molecular flexibility index (Phi) is 8.02. The molecule has 0 aromatic carbocycles. The molecule has 2 atom stereocenters. The van der Waals surface area contributed by atoms with Crippen molar-refractivity contribution in [1.29, 1.82) is 0 Å². The first-order valence-corrected chi connectivity index (χ1v) is 6.06. The molecule has 3 heteroatoms. The van der Waals surface area contributed by atoms with Crippen molar-refractivity contribution < 1.29 is 4.74 Å². The van der Waals surface area contributed by atoms with E-state index in [1.54, 1.807) is 0 Å². The van der Waals surface area contributed by atoms with Crippen molar-refractivity contribution in [3.05, 3.63) is 0 Å². The van der Waals surface area contributed by atoms with Crippen LogP contribution in [0.15, 0.2) is 0 Å². The summed E-state index contributed by atoms with van der Waals surface area (Å²) in [6.45, 7) is 9.74. The van der Waals surface area contributed by atoms with E-state index in [0.717, 1.165) is 45.6 Å². The molecule has 0 amide bonds. The summed E-state index contributed by atoms with van der Waals surface area (Å²) in [6.07, 6.45) is 3.20. The summed E-state index contributed by atoms with van der Waals surface area (Å²) >= 11 is 0. The minimum atomic E-state index is 0.247. The van der Waals surface area contributed by atoms with Gasteiger partial charge in [-0.15, -0.1) is 0 Å². The van der Waals surface area contributed by atoms with Crippen LogP contribution in [0.1, 0.15) is 40.0 Å². The second-order valence-electron chi connectivity index (χ2n) is 4.90. The monoisotopic (exact) mass is 216 g/mol. The second-order valence-corrected chi connectivity index (χ2v) is 4.90. The van der Waals surface area contributed by atoms with Gasteiger partial charge in [-0.25, -0.2) is 0 Å². The molecule has 0 aromatic heterocycles. The van der Waals surface area contributed by atoms with Gasteiger partial charge in [0.1, 0.15) is 0 Å². The molecular weight excluding hydrogens is 188 g/mol. The van der Waals surface area contributed by atoms with E-state index in [1.807, 2.05) is 0 Å². The molecule has 92 valence electrons. The average Bonchev–Trinajstić information content (AvgIpc) is 2.18. The first kappa shape index (κ1) is 14.9. The van der Waals surface area contributed by atoms with Crippen LogP contribution < -0.4 is 11.5 Å². The van der Waals surface area contributed by atoms with Crippen molar-refractivity contribution in [2.45, 2.75) is 40.0 Å². The molecule has 0 aliphatic heterocycles. The normalized spacial score (nSPS) is 17.4. The van der Waals surface area contributed by atoms with Gasteiger partial charge in [0.15, 0.2) is 0 Å². The number of ether oxygens (including phenoxy) is 1. The van der Waals surface area contributed by atoms with E-state index < -0.39 is 0 Å². The Morgan fingerprint density at radius 2 is 1.93 bits per heavy atom. The van der Waals surface area contributed by atoms with Gasteiger partial charge < -0.3 is 16.2 Å². The first-order valence-electron chi connectivity index (χ1n) is 6.06. The second kappa shape index (κ2) is 8.08. The summed E-state index contributed by atoms with van der Waals surface area (Å²) < 4.78 is 5.75. The lowest BCUT2D eigenvalue weighted by atomic mass is 9.85. The highest BCUT2D eigenvalue weighted by atomic mass is 16.5. The number of hydrogen-bond acceptors (Lipinski definition) is 3. The zero-order valence-electron chi connectivity index (χ0n) is 10.6. The quantitative estimate of drug-likeness (QED) is 0.617. The maximum atomic E-state index is 5.75. The van der Waals surface area contributed by atoms with Crippen LogP contribution in [0.2, 0.25) is 0 Å². The van der Waals surface area contributed by atoms with Crippen molar-refractivity contribution >= 4 is 0 Å². The molecule has 0 spiro atoms. The van der Waals surface area contributed by atoms with Gasteiger partial charge in [0.2, 0.25) is 0 Å². The SMILES string of the molecule is CCC(C)(CCN)COCC(C)CCN. The molecule has 2 unspecified atom stereocenters. The van der Waals surface area contributed by atoms with Crippen LogP contribution in [0.4, 0.5) is 0 Å². The lowest BCUT2D eigenvalue weighted by molar-refractivity contribution is 0.0294. The third-order valence-corrected chi connectivity index (χ3v) is 3.11. The summed E-state index contributed by atoms with van der Waals surface area (Å²) in [4.78, 5) is 0. The van der Waals surface area contributed by atoms with E-state index in [1.165, 1.54) is 0 Å². The fourth-order valence-electron chi connectivity index (χ4n) is 1.57. The minimum Gasteiger partial charge on any atom is -0.381 e. The van der Waals surface area contributed by atoms with Crippen LogP contribution in [0.5, 0.6) is 0 Å². The summed E-state index contributed by atoms with van der Waals surface area (Å²) in [6, 6.07) is 0. The van der Waals surface area contributed by atoms with Crippen LogP contribution in [-0.2, 0) is 4.74 Å². The van der Waals surface area contributed by atoms with Crippen molar-refractivity contribution in [2.24, 2.45) is 22.8 Å². The molecule has 0 saturated heterocycles. The molecule has 3 nitrogen and oxygen atoms in total. The zero-order chi connectivity index (χ0) is 11.7. The van der Waals surface area contributed by atoms with Gasteiger partial charge in [0.05, 0.1) is 6.61 Å². The lowest BCUT2D eigenvalue weighted by Crippen LogP contribution is -2.27. The third-order valence-electron chi connectivity index (χ3n) is 3.11. The Balaban J connectivity index is 3.71. The highest BCUT2D eigenvalue weighted by Gasteiger charge is 2.21. The summed E-state index contributed by atoms with van der Waals surface area (Å²) in [5.41, 5.74) is 11.3. The Morgan fingerprint density at radius 1 is 1.27 bits per heavy atom. The lowest BCUT2D eigenvalue weighted by Gasteiger charge is -2.28. The van der Waals surface area contributed by atoms with Crippen molar-refractivity contribution in [3.8, 4) is 0 Å². The van der Waals surface area contributed by atoms with Crippen LogP contribution in [-0.4, -0.2) is 26.3 Å². The van der Waals surface area contributed by atoms with Crippen molar-refractivity contribution in [1.82, 2.24) is 0 Å². The molecule has 4 N–H and O–H groups in total. The molecule has 0 heterocycles. The summed E-state index contributed by atoms with van der Waals surface area (Å²) in [5.74, 6) is 0.564. The smallest absolute Gasteiger partial charge is 0.0520 e. The largest absolute Gasteiger partial charge is 0.381 e. The van der Waals surface area contributed by atoms with Crippen LogP contribution >= 0.6 is 0 Å². The first-order chi connectivity index (χ1) is 7.08. The third kappa shape index (κ3) is 6.88. The molecule has 0 aromatic rings. The van der Waals surface area contributed by atoms with E-state index in [9.17, 15) is 0 Å². The Hall–Kier alpha value is -0.120. The van der Waals surface area contributed by atoms with Crippen LogP contribution in [0.3, 0.4) is 0 Å². The molecule has 0 radical (unpaired) electrons. The Labute approximate surface area is 94.5 Å². The summed E-state index contributed by atoms with van der Waals surface area (Å²) in [5, 5.41) is 0. The van der Waals surface area contributed by atoms with E-state index in [2.05, 4.69) is 20.8 Å². The molecule has 0 bridgehead atoms. The molecular formula is C12H28N2O. The fourth-order valence-corrected chi connectivity index (χ4v) is 1.57. The Bertz CT molecular complexity index is 153. The molecule has 0 saturated carbocycles. The highest BCUT2D eigenvalue weighted by molar-refractivity contribution is 4.72. The highest BCUT2D eigenvalue weighted by Crippen LogP contribution is 2.25. The molecule has 0 aliphatic rings. The van der Waals surface area contributed by atoms with E-state index in [-0.39, 0.29) is 5.41 Å². The number of hydrogen-bond donors (Lipinski definition) is 2. The number of rotatable bonds is 9.